The molecule has 8 heteroatoms. The molecule has 1 atom stereocenters. The molecule has 2 N–H and O–H groups in total. The van der Waals surface area contributed by atoms with Crippen LogP contribution in [-0.2, 0) is 14.3 Å². The van der Waals surface area contributed by atoms with Gasteiger partial charge < -0.3 is 15.0 Å². The Hall–Kier alpha value is -1.28. The van der Waals surface area contributed by atoms with Gasteiger partial charge in [-0.05, 0) is 0 Å². The van der Waals surface area contributed by atoms with E-state index in [2.05, 4.69) is 10.6 Å². The van der Waals surface area contributed by atoms with E-state index in [0.717, 1.165) is 0 Å². The summed E-state index contributed by atoms with van der Waals surface area (Å²) < 4.78 is 30.9. The molecule has 0 aromatic rings. The molecule has 6 nitrogen and oxygen atoms in total. The van der Waals surface area contributed by atoms with Gasteiger partial charge in [0.05, 0.1) is 32.3 Å². The van der Waals surface area contributed by atoms with Crippen molar-refractivity contribution in [3.8, 4) is 0 Å². The fourth-order valence-corrected chi connectivity index (χ4v) is 2.11. The minimum atomic E-state index is -2.85. The zero-order valence-corrected chi connectivity index (χ0v) is 10.5. The lowest BCUT2D eigenvalue weighted by Gasteiger charge is -2.27. The smallest absolute Gasteiger partial charge is 0.262 e. The number of halogens is 2. The van der Waals surface area contributed by atoms with Crippen molar-refractivity contribution in [3.63, 3.8) is 0 Å². The van der Waals surface area contributed by atoms with Crippen LogP contribution in [0.15, 0.2) is 0 Å². The predicted octanol–water partition coefficient (Wildman–Crippen LogP) is -1.04. The first-order chi connectivity index (χ1) is 8.98. The fourth-order valence-electron chi connectivity index (χ4n) is 2.11. The summed E-state index contributed by atoms with van der Waals surface area (Å²) in [5.41, 5.74) is 0. The van der Waals surface area contributed by atoms with Gasteiger partial charge in [0.25, 0.3) is 5.92 Å². The van der Waals surface area contributed by atoms with Crippen molar-refractivity contribution in [1.29, 1.82) is 0 Å². The summed E-state index contributed by atoms with van der Waals surface area (Å²) in [7, 11) is 0. The third kappa shape index (κ3) is 3.84. The van der Waals surface area contributed by atoms with E-state index in [9.17, 15) is 18.4 Å². The second-order valence-electron chi connectivity index (χ2n) is 4.70. The molecule has 0 spiro atoms. The van der Waals surface area contributed by atoms with Gasteiger partial charge in [0.1, 0.15) is 0 Å². The van der Waals surface area contributed by atoms with Crippen LogP contribution < -0.4 is 10.6 Å². The molecule has 2 amide bonds. The van der Waals surface area contributed by atoms with Crippen molar-refractivity contribution < 1.29 is 23.1 Å². The van der Waals surface area contributed by atoms with Crippen LogP contribution >= 0.6 is 0 Å². The van der Waals surface area contributed by atoms with Crippen LogP contribution in [0.25, 0.3) is 0 Å². The minimum absolute atomic E-state index is 0.164. The van der Waals surface area contributed by atoms with Gasteiger partial charge in [0.15, 0.2) is 0 Å². The summed E-state index contributed by atoms with van der Waals surface area (Å²) >= 11 is 0. The van der Waals surface area contributed by atoms with Crippen molar-refractivity contribution in [1.82, 2.24) is 15.5 Å². The van der Waals surface area contributed by atoms with Gasteiger partial charge in [-0.1, -0.05) is 0 Å². The molecule has 1 unspecified atom stereocenters. The Bertz CT molecular complexity index is 359. The largest absolute Gasteiger partial charge is 0.378 e. The first-order valence-corrected chi connectivity index (χ1v) is 6.22. The highest BCUT2D eigenvalue weighted by atomic mass is 19.3. The second kappa shape index (κ2) is 5.79. The number of hydrogen-bond acceptors (Lipinski definition) is 4. The maximum atomic E-state index is 12.9. The molecule has 0 radical (unpaired) electrons. The average Bonchev–Trinajstić information content (AvgIpc) is 2.77. The van der Waals surface area contributed by atoms with E-state index < -0.39 is 30.8 Å². The van der Waals surface area contributed by atoms with Gasteiger partial charge in [-0.15, -0.1) is 0 Å². The molecule has 2 fully saturated rings. The number of carbonyl (C=O) groups excluding carboxylic acids is 2. The molecule has 2 heterocycles. The summed E-state index contributed by atoms with van der Waals surface area (Å²) in [6.45, 7) is 1.29. The first kappa shape index (κ1) is 14.1. The van der Waals surface area contributed by atoms with Crippen molar-refractivity contribution in [2.75, 3.05) is 39.4 Å². The summed E-state index contributed by atoms with van der Waals surface area (Å²) in [5.74, 6) is -3.63. The molecule has 0 aliphatic carbocycles. The van der Waals surface area contributed by atoms with E-state index in [1.54, 1.807) is 4.90 Å². The number of alkyl halides is 2. The lowest BCUT2D eigenvalue weighted by Crippen LogP contribution is -2.48. The third-order valence-electron chi connectivity index (χ3n) is 3.20. The van der Waals surface area contributed by atoms with Crippen molar-refractivity contribution in [2.45, 2.75) is 18.4 Å². The topological polar surface area (TPSA) is 70.7 Å². The zero-order valence-electron chi connectivity index (χ0n) is 10.5. The lowest BCUT2D eigenvalue weighted by molar-refractivity contribution is -0.136. The molecule has 2 rings (SSSR count). The highest BCUT2D eigenvalue weighted by molar-refractivity contribution is 5.87. The number of nitrogens with one attached hydrogen (secondary N) is 2. The number of morpholine rings is 1. The van der Waals surface area contributed by atoms with E-state index in [1.165, 1.54) is 0 Å². The molecular formula is C11H17F2N3O3. The van der Waals surface area contributed by atoms with Gasteiger partial charge in [-0.25, -0.2) is 8.78 Å². The van der Waals surface area contributed by atoms with Crippen LogP contribution in [0.4, 0.5) is 8.78 Å². The van der Waals surface area contributed by atoms with Crippen LogP contribution in [0.1, 0.15) is 6.42 Å². The monoisotopic (exact) mass is 277 g/mol. The van der Waals surface area contributed by atoms with Crippen molar-refractivity contribution >= 4 is 11.8 Å². The molecular weight excluding hydrogens is 260 g/mol. The number of rotatable bonds is 3. The van der Waals surface area contributed by atoms with Gasteiger partial charge in [-0.2, -0.15) is 0 Å². The Morgan fingerprint density at radius 2 is 2.05 bits per heavy atom. The first-order valence-electron chi connectivity index (χ1n) is 6.22. The summed E-state index contributed by atoms with van der Waals surface area (Å²) in [5, 5.41) is 4.84. The predicted molar refractivity (Wildman–Crippen MR) is 61.8 cm³/mol. The van der Waals surface area contributed by atoms with E-state index in [1.807, 2.05) is 0 Å². The van der Waals surface area contributed by atoms with Crippen LogP contribution in [0.3, 0.4) is 0 Å². The van der Waals surface area contributed by atoms with Crippen LogP contribution in [0.2, 0.25) is 0 Å². The van der Waals surface area contributed by atoms with E-state index in [-0.39, 0.29) is 12.5 Å². The Morgan fingerprint density at radius 3 is 2.63 bits per heavy atom. The summed E-state index contributed by atoms with van der Waals surface area (Å²) in [4.78, 5) is 24.9. The summed E-state index contributed by atoms with van der Waals surface area (Å²) in [6.07, 6.45) is -0.523. The molecule has 0 aromatic heterocycles. The van der Waals surface area contributed by atoms with Crippen molar-refractivity contribution in [2.24, 2.45) is 0 Å². The quantitative estimate of drug-likeness (QED) is 0.691. The van der Waals surface area contributed by atoms with Gasteiger partial charge in [0, 0.05) is 19.5 Å². The average molecular weight is 277 g/mol. The molecule has 0 aromatic carbocycles. The lowest BCUT2D eigenvalue weighted by atomic mass is 10.2. The van der Waals surface area contributed by atoms with Gasteiger partial charge in [0.2, 0.25) is 11.8 Å². The maximum absolute atomic E-state index is 12.9. The Labute approximate surface area is 109 Å². The highest BCUT2D eigenvalue weighted by Crippen LogP contribution is 2.24. The van der Waals surface area contributed by atoms with Crippen LogP contribution in [0, 0.1) is 0 Å². The third-order valence-corrected chi connectivity index (χ3v) is 3.20. The molecule has 108 valence electrons. The van der Waals surface area contributed by atoms with Crippen LogP contribution in [0.5, 0.6) is 0 Å². The highest BCUT2D eigenvalue weighted by Gasteiger charge is 2.42. The molecule has 2 saturated heterocycles. The maximum Gasteiger partial charge on any atom is 0.262 e. The van der Waals surface area contributed by atoms with Gasteiger partial charge >= 0.3 is 0 Å². The number of carbonyl (C=O) groups is 2. The molecule has 19 heavy (non-hydrogen) atoms. The Kier molecular flexibility index (Phi) is 4.31. The zero-order chi connectivity index (χ0) is 13.9. The Morgan fingerprint density at radius 1 is 1.37 bits per heavy atom. The molecule has 0 bridgehead atoms. The Balaban J connectivity index is 1.73. The van der Waals surface area contributed by atoms with E-state index in [4.69, 9.17) is 4.74 Å². The van der Waals surface area contributed by atoms with E-state index >= 15 is 0 Å². The standard InChI is InChI=1S/C11H17F2N3O3/c12-11(13)5-8(15-7-11)10(18)14-6-9(17)16-1-3-19-4-2-16/h8,15H,1-7H2,(H,14,18). The normalized spacial score (nSPS) is 26.2. The molecule has 2 aliphatic rings. The number of hydrogen-bond donors (Lipinski definition) is 2. The van der Waals surface area contributed by atoms with E-state index in [0.29, 0.717) is 26.3 Å². The number of nitrogens with zero attached hydrogens (tertiary/aromatic N) is 1. The van der Waals surface area contributed by atoms with Crippen molar-refractivity contribution in [3.05, 3.63) is 0 Å². The van der Waals surface area contributed by atoms with Crippen LogP contribution in [-0.4, -0.2) is 68.1 Å². The summed E-state index contributed by atoms with van der Waals surface area (Å²) in [6, 6.07) is -0.924. The minimum Gasteiger partial charge on any atom is -0.378 e. The molecule has 0 saturated carbocycles. The fraction of sp³-hybridized carbons (Fsp3) is 0.818. The number of amides is 2. The SMILES string of the molecule is O=C(NCC(=O)N1CCOCC1)C1CC(F)(F)CN1. The van der Waals surface area contributed by atoms with Gasteiger partial charge in [-0.3, -0.25) is 14.9 Å². The number of ether oxygens (including phenoxy) is 1. The second-order valence-corrected chi connectivity index (χ2v) is 4.70. The molecule has 2 aliphatic heterocycles.